The Morgan fingerprint density at radius 2 is 2.07 bits per heavy atom. The van der Waals surface area contributed by atoms with Gasteiger partial charge in [0.25, 0.3) is 12.4 Å². The van der Waals surface area contributed by atoms with E-state index in [1.807, 2.05) is 6.07 Å². The van der Waals surface area contributed by atoms with Gasteiger partial charge >= 0.3 is 7.12 Å². The molecule has 8 nitrogen and oxygen atoms in total. The Morgan fingerprint density at radius 1 is 1.22 bits per heavy atom. The van der Waals surface area contributed by atoms with Crippen LogP contribution in [0.15, 0.2) is 30.3 Å². The van der Waals surface area contributed by atoms with Crippen molar-refractivity contribution in [3.8, 4) is 22.8 Å². The molecule has 136 valence electrons. The molecule has 0 bridgehead atoms. The number of ether oxygens (including phenoxy) is 2. The minimum absolute atomic E-state index is 0.0450. The standard InChI is InChI=1S/C18H16BN3O5/c20-16-13-4-3-10(7-15(13)21-22-18(16)27-9-23)14-8-12(19(24)25)6-11-2-1-5-26-17(11)14/h3-4,6-9,24-25H,1-2,5H2,(H2,20,21). The molecule has 0 saturated carbocycles. The first-order valence-electron chi connectivity index (χ1n) is 8.41. The largest absolute Gasteiger partial charge is 0.493 e. The summed E-state index contributed by atoms with van der Waals surface area (Å²) in [5.41, 5.74) is 9.58. The van der Waals surface area contributed by atoms with Crippen molar-refractivity contribution in [1.82, 2.24) is 10.2 Å². The molecule has 4 N–H and O–H groups in total. The first-order valence-corrected chi connectivity index (χ1v) is 8.41. The van der Waals surface area contributed by atoms with Crippen LogP contribution in [0.2, 0.25) is 0 Å². The van der Waals surface area contributed by atoms with Gasteiger partial charge < -0.3 is 25.3 Å². The maximum atomic E-state index is 10.5. The number of carbonyl (C=O) groups excluding carboxylic acids is 1. The zero-order valence-electron chi connectivity index (χ0n) is 14.3. The summed E-state index contributed by atoms with van der Waals surface area (Å²) in [6, 6.07) is 8.81. The van der Waals surface area contributed by atoms with Crippen LogP contribution in [0.1, 0.15) is 12.0 Å². The first-order chi connectivity index (χ1) is 13.1. The third-order valence-electron chi connectivity index (χ3n) is 4.56. The van der Waals surface area contributed by atoms with Gasteiger partial charge in [-0.1, -0.05) is 18.2 Å². The van der Waals surface area contributed by atoms with Gasteiger partial charge in [-0.25, -0.2) is 0 Å². The van der Waals surface area contributed by atoms with E-state index in [2.05, 4.69) is 10.2 Å². The van der Waals surface area contributed by atoms with Crippen molar-refractivity contribution < 1.29 is 24.3 Å². The summed E-state index contributed by atoms with van der Waals surface area (Å²) in [4.78, 5) is 10.5. The highest BCUT2D eigenvalue weighted by Gasteiger charge is 2.22. The van der Waals surface area contributed by atoms with E-state index in [-0.39, 0.29) is 18.0 Å². The second-order valence-corrected chi connectivity index (χ2v) is 6.25. The van der Waals surface area contributed by atoms with Crippen LogP contribution in [0.3, 0.4) is 0 Å². The third kappa shape index (κ3) is 3.07. The van der Waals surface area contributed by atoms with Crippen LogP contribution in [0.25, 0.3) is 22.0 Å². The molecule has 0 aliphatic carbocycles. The van der Waals surface area contributed by atoms with E-state index in [1.54, 1.807) is 24.3 Å². The zero-order chi connectivity index (χ0) is 19.0. The Labute approximate surface area is 154 Å². The van der Waals surface area contributed by atoms with Crippen LogP contribution in [-0.4, -0.2) is 40.4 Å². The van der Waals surface area contributed by atoms with Crippen LogP contribution in [-0.2, 0) is 11.2 Å². The normalized spacial score (nSPS) is 13.0. The Bertz CT molecular complexity index is 1040. The lowest BCUT2D eigenvalue weighted by molar-refractivity contribution is -0.120. The fourth-order valence-corrected chi connectivity index (χ4v) is 3.28. The van der Waals surface area contributed by atoms with Crippen LogP contribution in [0.4, 0.5) is 5.69 Å². The van der Waals surface area contributed by atoms with Crippen LogP contribution in [0, 0.1) is 0 Å². The number of aryl methyl sites for hydroxylation is 1. The van der Waals surface area contributed by atoms with Crippen LogP contribution < -0.4 is 20.7 Å². The predicted molar refractivity (Wildman–Crippen MR) is 99.7 cm³/mol. The maximum Gasteiger partial charge on any atom is 0.488 e. The average Bonchev–Trinajstić information content (AvgIpc) is 2.69. The highest BCUT2D eigenvalue weighted by atomic mass is 16.5. The van der Waals surface area contributed by atoms with Gasteiger partial charge in [0.2, 0.25) is 0 Å². The molecule has 0 atom stereocenters. The number of benzene rings is 2. The van der Waals surface area contributed by atoms with E-state index < -0.39 is 7.12 Å². The summed E-state index contributed by atoms with van der Waals surface area (Å²) in [6.45, 7) is 0.851. The van der Waals surface area contributed by atoms with Crippen molar-refractivity contribution in [1.29, 1.82) is 0 Å². The van der Waals surface area contributed by atoms with Gasteiger partial charge in [-0.05, 0) is 41.6 Å². The molecule has 3 aromatic rings. The van der Waals surface area contributed by atoms with Gasteiger partial charge in [-0.15, -0.1) is 10.2 Å². The van der Waals surface area contributed by atoms with Crippen molar-refractivity contribution in [2.45, 2.75) is 12.8 Å². The number of fused-ring (bicyclic) bond motifs is 2. The molecular formula is C18H16BN3O5. The summed E-state index contributed by atoms with van der Waals surface area (Å²) >= 11 is 0. The maximum absolute atomic E-state index is 10.5. The van der Waals surface area contributed by atoms with Gasteiger partial charge in [0.05, 0.1) is 12.1 Å². The average molecular weight is 365 g/mol. The number of nitrogens with two attached hydrogens (primary N) is 1. The molecule has 0 spiro atoms. The van der Waals surface area contributed by atoms with Crippen LogP contribution in [0.5, 0.6) is 11.6 Å². The van der Waals surface area contributed by atoms with Crippen molar-refractivity contribution in [3.05, 3.63) is 35.9 Å². The van der Waals surface area contributed by atoms with Crippen molar-refractivity contribution in [3.63, 3.8) is 0 Å². The second kappa shape index (κ2) is 6.86. The molecule has 0 radical (unpaired) electrons. The Morgan fingerprint density at radius 3 is 2.85 bits per heavy atom. The Balaban J connectivity index is 1.88. The van der Waals surface area contributed by atoms with E-state index in [9.17, 15) is 14.8 Å². The quantitative estimate of drug-likeness (QED) is 0.448. The number of nitrogen functional groups attached to an aromatic ring is 1. The van der Waals surface area contributed by atoms with Gasteiger partial charge in [0, 0.05) is 10.9 Å². The monoisotopic (exact) mass is 365 g/mol. The third-order valence-corrected chi connectivity index (χ3v) is 4.56. The summed E-state index contributed by atoms with van der Waals surface area (Å²) in [6.07, 6.45) is 1.67. The summed E-state index contributed by atoms with van der Waals surface area (Å²) in [5, 5.41) is 27.7. The summed E-state index contributed by atoms with van der Waals surface area (Å²) in [7, 11) is -1.57. The molecule has 1 aliphatic heterocycles. The SMILES string of the molecule is Nc1c(OC=O)nnc2cc(-c3cc(B(O)O)cc4c3OCCC4)ccc12. The van der Waals surface area contributed by atoms with Crippen molar-refractivity contribution in [2.24, 2.45) is 0 Å². The topological polar surface area (TPSA) is 128 Å². The molecule has 2 aromatic carbocycles. The molecular weight excluding hydrogens is 349 g/mol. The molecule has 9 heteroatoms. The molecule has 0 amide bonds. The van der Waals surface area contributed by atoms with E-state index in [1.165, 1.54) is 0 Å². The molecule has 27 heavy (non-hydrogen) atoms. The van der Waals surface area contributed by atoms with Gasteiger partial charge in [-0.3, -0.25) is 4.79 Å². The second-order valence-electron chi connectivity index (χ2n) is 6.25. The molecule has 2 heterocycles. The number of hydrogen-bond acceptors (Lipinski definition) is 8. The van der Waals surface area contributed by atoms with Gasteiger partial charge in [0.1, 0.15) is 11.4 Å². The van der Waals surface area contributed by atoms with Gasteiger partial charge in [-0.2, -0.15) is 0 Å². The highest BCUT2D eigenvalue weighted by molar-refractivity contribution is 6.58. The lowest BCUT2D eigenvalue weighted by Crippen LogP contribution is -2.31. The van der Waals surface area contributed by atoms with Gasteiger partial charge in [0.15, 0.2) is 0 Å². The van der Waals surface area contributed by atoms with Crippen molar-refractivity contribution >= 4 is 35.6 Å². The predicted octanol–water partition coefficient (Wildman–Crippen LogP) is 0.419. The minimum Gasteiger partial charge on any atom is -0.493 e. The number of anilines is 1. The molecule has 0 unspecified atom stereocenters. The number of nitrogens with zero attached hydrogens (tertiary/aromatic N) is 2. The molecule has 1 aromatic heterocycles. The molecule has 0 saturated heterocycles. The summed E-state index contributed by atoms with van der Waals surface area (Å²) < 4.78 is 10.6. The van der Waals surface area contributed by atoms with Crippen LogP contribution >= 0.6 is 0 Å². The number of aromatic nitrogens is 2. The smallest absolute Gasteiger partial charge is 0.488 e. The first kappa shape index (κ1) is 17.3. The number of rotatable bonds is 4. The fraction of sp³-hybridized carbons (Fsp3) is 0.167. The van der Waals surface area contributed by atoms with E-state index in [0.29, 0.717) is 23.0 Å². The fourth-order valence-electron chi connectivity index (χ4n) is 3.28. The van der Waals surface area contributed by atoms with E-state index in [4.69, 9.17) is 15.2 Å². The zero-order valence-corrected chi connectivity index (χ0v) is 14.3. The molecule has 0 fully saturated rings. The molecule has 4 rings (SSSR count). The van der Waals surface area contributed by atoms with Crippen molar-refractivity contribution in [2.75, 3.05) is 12.3 Å². The number of carbonyl (C=O) groups is 1. The molecule has 1 aliphatic rings. The summed E-state index contributed by atoms with van der Waals surface area (Å²) in [5.74, 6) is 0.684. The lowest BCUT2D eigenvalue weighted by Gasteiger charge is -2.22. The van der Waals surface area contributed by atoms with E-state index >= 15 is 0 Å². The Hall–Kier alpha value is -3.17. The lowest BCUT2D eigenvalue weighted by atomic mass is 9.77. The minimum atomic E-state index is -1.57. The number of hydrogen-bond donors (Lipinski definition) is 3. The highest BCUT2D eigenvalue weighted by Crippen LogP contribution is 2.37. The van der Waals surface area contributed by atoms with E-state index in [0.717, 1.165) is 35.3 Å². The Kier molecular flexibility index (Phi) is 4.39.